The molecule has 0 aliphatic heterocycles. The third-order valence-electron chi connectivity index (χ3n) is 2.58. The molecule has 0 spiro atoms. The Hall–Kier alpha value is -0.940. The van der Waals surface area contributed by atoms with Crippen molar-refractivity contribution in [2.45, 2.75) is 32.7 Å². The van der Waals surface area contributed by atoms with E-state index in [1.807, 2.05) is 0 Å². The SMILES string of the molecule is COC(O)(CO)OC.Cc1ccc(C(C)C)cc1. The number of ether oxygens (including phenoxy) is 2. The van der Waals surface area contributed by atoms with Gasteiger partial charge >= 0.3 is 5.97 Å². The number of aliphatic hydroxyl groups is 2. The van der Waals surface area contributed by atoms with E-state index in [4.69, 9.17) is 10.2 Å². The van der Waals surface area contributed by atoms with Crippen LogP contribution >= 0.6 is 0 Å². The van der Waals surface area contributed by atoms with Gasteiger partial charge in [-0.05, 0) is 18.4 Å². The van der Waals surface area contributed by atoms with Crippen LogP contribution in [-0.4, -0.2) is 37.0 Å². The summed E-state index contributed by atoms with van der Waals surface area (Å²) in [6, 6.07) is 8.71. The van der Waals surface area contributed by atoms with Crippen LogP contribution in [-0.2, 0) is 9.47 Å². The Morgan fingerprint density at radius 1 is 1.11 bits per heavy atom. The lowest BCUT2D eigenvalue weighted by Crippen LogP contribution is -2.37. The average Bonchev–Trinajstić information content (AvgIpc) is 2.39. The minimum Gasteiger partial charge on any atom is -0.388 e. The average molecular weight is 256 g/mol. The maximum Gasteiger partial charge on any atom is 0.304 e. The molecule has 4 heteroatoms. The van der Waals surface area contributed by atoms with Crippen molar-refractivity contribution >= 4 is 0 Å². The van der Waals surface area contributed by atoms with Crippen LogP contribution in [0.15, 0.2) is 24.3 Å². The van der Waals surface area contributed by atoms with Gasteiger partial charge < -0.3 is 19.7 Å². The summed E-state index contributed by atoms with van der Waals surface area (Å²) in [4.78, 5) is 0. The van der Waals surface area contributed by atoms with E-state index in [9.17, 15) is 0 Å². The first-order valence-corrected chi connectivity index (χ1v) is 5.88. The summed E-state index contributed by atoms with van der Waals surface area (Å²) in [5, 5.41) is 17.0. The molecule has 0 aromatic heterocycles. The van der Waals surface area contributed by atoms with Crippen molar-refractivity contribution in [3.05, 3.63) is 35.4 Å². The van der Waals surface area contributed by atoms with Crippen molar-refractivity contribution in [3.63, 3.8) is 0 Å². The molecule has 1 aromatic rings. The monoisotopic (exact) mass is 256 g/mol. The van der Waals surface area contributed by atoms with Crippen LogP contribution in [0.25, 0.3) is 0 Å². The molecule has 0 fully saturated rings. The lowest BCUT2D eigenvalue weighted by atomic mass is 10.0. The quantitative estimate of drug-likeness (QED) is 0.809. The standard InChI is InChI=1S/C10H14.C4H10O4/c1-8(2)10-6-4-9(3)5-7-10;1-7-4(6,3-5)8-2/h4-8H,1-3H3;5-6H,3H2,1-2H3. The van der Waals surface area contributed by atoms with E-state index >= 15 is 0 Å². The van der Waals surface area contributed by atoms with Gasteiger partial charge in [-0.15, -0.1) is 0 Å². The summed E-state index contributed by atoms with van der Waals surface area (Å²) in [6.07, 6.45) is 0. The fourth-order valence-electron chi connectivity index (χ4n) is 1.16. The highest BCUT2D eigenvalue weighted by Gasteiger charge is 2.23. The Labute approximate surface area is 109 Å². The smallest absolute Gasteiger partial charge is 0.304 e. The molecule has 0 heterocycles. The second-order valence-electron chi connectivity index (χ2n) is 4.34. The van der Waals surface area contributed by atoms with Crippen molar-refractivity contribution in [1.82, 2.24) is 0 Å². The highest BCUT2D eigenvalue weighted by molar-refractivity contribution is 5.23. The zero-order chi connectivity index (χ0) is 14.2. The van der Waals surface area contributed by atoms with E-state index in [1.54, 1.807) is 0 Å². The summed E-state index contributed by atoms with van der Waals surface area (Å²) in [5.74, 6) is -1.17. The summed E-state index contributed by atoms with van der Waals surface area (Å²) < 4.78 is 8.64. The van der Waals surface area contributed by atoms with Gasteiger partial charge in [0.2, 0.25) is 0 Å². The molecule has 0 bridgehead atoms. The maximum atomic E-state index is 8.74. The van der Waals surface area contributed by atoms with Crippen molar-refractivity contribution in [1.29, 1.82) is 0 Å². The van der Waals surface area contributed by atoms with E-state index in [0.29, 0.717) is 5.92 Å². The largest absolute Gasteiger partial charge is 0.388 e. The number of hydrogen-bond acceptors (Lipinski definition) is 4. The fraction of sp³-hybridized carbons (Fsp3) is 0.571. The third kappa shape index (κ3) is 6.12. The van der Waals surface area contributed by atoms with E-state index in [-0.39, 0.29) is 0 Å². The van der Waals surface area contributed by atoms with Crippen LogP contribution in [0, 0.1) is 6.92 Å². The molecule has 0 amide bonds. The van der Waals surface area contributed by atoms with Gasteiger partial charge in [0.15, 0.2) is 0 Å². The highest BCUT2D eigenvalue weighted by atomic mass is 16.8. The first-order valence-electron chi connectivity index (χ1n) is 5.88. The minimum atomic E-state index is -1.82. The molecule has 2 N–H and O–H groups in total. The molecule has 104 valence electrons. The number of rotatable bonds is 4. The van der Waals surface area contributed by atoms with Crippen LogP contribution in [0.5, 0.6) is 0 Å². The van der Waals surface area contributed by atoms with Crippen LogP contribution in [0.4, 0.5) is 0 Å². The zero-order valence-electron chi connectivity index (χ0n) is 11.8. The highest BCUT2D eigenvalue weighted by Crippen LogP contribution is 2.13. The summed E-state index contributed by atoms with van der Waals surface area (Å²) in [5.41, 5.74) is 2.76. The normalized spacial score (nSPS) is 11.1. The van der Waals surface area contributed by atoms with Gasteiger partial charge in [0, 0.05) is 14.2 Å². The lowest BCUT2D eigenvalue weighted by molar-refractivity contribution is -0.352. The molecule has 4 nitrogen and oxygen atoms in total. The molecular weight excluding hydrogens is 232 g/mol. The molecule has 0 atom stereocenters. The van der Waals surface area contributed by atoms with Gasteiger partial charge in [0.1, 0.15) is 6.61 Å². The second-order valence-corrected chi connectivity index (χ2v) is 4.34. The topological polar surface area (TPSA) is 58.9 Å². The number of methoxy groups -OCH3 is 2. The molecule has 0 unspecified atom stereocenters. The number of aryl methyl sites for hydroxylation is 1. The number of aliphatic hydroxyl groups excluding tert-OH is 1. The predicted molar refractivity (Wildman–Crippen MR) is 71.3 cm³/mol. The zero-order valence-corrected chi connectivity index (χ0v) is 11.8. The van der Waals surface area contributed by atoms with Gasteiger partial charge in [-0.3, -0.25) is 0 Å². The third-order valence-corrected chi connectivity index (χ3v) is 2.58. The number of benzene rings is 1. The first-order chi connectivity index (χ1) is 8.38. The van der Waals surface area contributed by atoms with E-state index in [0.717, 1.165) is 0 Å². The van der Waals surface area contributed by atoms with Gasteiger partial charge in [-0.2, -0.15) is 0 Å². The van der Waals surface area contributed by atoms with Gasteiger partial charge in [-0.1, -0.05) is 43.7 Å². The van der Waals surface area contributed by atoms with Crippen LogP contribution in [0.1, 0.15) is 30.9 Å². The molecule has 1 aromatic carbocycles. The van der Waals surface area contributed by atoms with Gasteiger partial charge in [-0.25, -0.2) is 0 Å². The maximum absolute atomic E-state index is 8.74. The Morgan fingerprint density at radius 2 is 1.56 bits per heavy atom. The van der Waals surface area contributed by atoms with Crippen LogP contribution < -0.4 is 0 Å². The van der Waals surface area contributed by atoms with Crippen molar-refractivity contribution in [2.24, 2.45) is 0 Å². The van der Waals surface area contributed by atoms with E-state index < -0.39 is 12.6 Å². The fourth-order valence-corrected chi connectivity index (χ4v) is 1.16. The minimum absolute atomic E-state index is 0.569. The Kier molecular flexibility index (Phi) is 7.78. The van der Waals surface area contributed by atoms with E-state index in [1.165, 1.54) is 25.3 Å². The van der Waals surface area contributed by atoms with E-state index in [2.05, 4.69) is 54.5 Å². The second kappa shape index (κ2) is 8.21. The van der Waals surface area contributed by atoms with Crippen molar-refractivity contribution in [3.8, 4) is 0 Å². The summed E-state index contributed by atoms with van der Waals surface area (Å²) >= 11 is 0. The summed E-state index contributed by atoms with van der Waals surface area (Å²) in [7, 11) is 2.47. The Morgan fingerprint density at radius 3 is 1.78 bits per heavy atom. The molecular formula is C14H24O4. The van der Waals surface area contributed by atoms with Gasteiger partial charge in [0.05, 0.1) is 0 Å². The van der Waals surface area contributed by atoms with Crippen molar-refractivity contribution in [2.75, 3.05) is 20.8 Å². The molecule has 0 saturated carbocycles. The molecule has 18 heavy (non-hydrogen) atoms. The summed E-state index contributed by atoms with van der Waals surface area (Å²) in [6.45, 7) is 5.97. The molecule has 0 aliphatic rings. The van der Waals surface area contributed by atoms with Crippen LogP contribution in [0.2, 0.25) is 0 Å². The molecule has 1 rings (SSSR count). The molecule has 0 saturated heterocycles. The van der Waals surface area contributed by atoms with Crippen LogP contribution in [0.3, 0.4) is 0 Å². The lowest BCUT2D eigenvalue weighted by Gasteiger charge is -2.20. The number of hydrogen-bond donors (Lipinski definition) is 2. The van der Waals surface area contributed by atoms with Crippen molar-refractivity contribution < 1.29 is 19.7 Å². The Bertz CT molecular complexity index is 307. The van der Waals surface area contributed by atoms with Gasteiger partial charge in [0.25, 0.3) is 0 Å². The molecule has 0 radical (unpaired) electrons. The Balaban J connectivity index is 0.000000331. The molecule has 0 aliphatic carbocycles. The predicted octanol–water partition coefficient (Wildman–Crippen LogP) is 2.04. The first kappa shape index (κ1) is 17.1.